The molecule has 0 bridgehead atoms. The number of methoxy groups -OCH3 is 3. The summed E-state index contributed by atoms with van der Waals surface area (Å²) in [5.41, 5.74) is -4.76. The van der Waals surface area contributed by atoms with E-state index < -0.39 is 177 Å². The zero-order valence-electron chi connectivity index (χ0n) is 49.4. The van der Waals surface area contributed by atoms with Crippen LogP contribution in [0.4, 0.5) is 35.1 Å². The van der Waals surface area contributed by atoms with E-state index in [-0.39, 0.29) is 136 Å². The Bertz CT molecular complexity index is 3950. The fourth-order valence-corrected chi connectivity index (χ4v) is 11.9. The Morgan fingerprint density at radius 1 is 0.596 bits per heavy atom. The van der Waals surface area contributed by atoms with Gasteiger partial charge in [-0.25, -0.2) is 39.9 Å². The van der Waals surface area contributed by atoms with Crippen molar-refractivity contribution in [1.29, 1.82) is 0 Å². The molecule has 6 aliphatic rings. The Morgan fingerprint density at radius 2 is 1.00 bits per heavy atom. The summed E-state index contributed by atoms with van der Waals surface area (Å²) < 4.78 is 143. The van der Waals surface area contributed by atoms with Gasteiger partial charge >= 0.3 is 29.0 Å². The van der Waals surface area contributed by atoms with Gasteiger partial charge in [0.1, 0.15) is 50.0 Å². The molecule has 24 nitrogen and oxygen atoms in total. The molecule has 6 atom stereocenters. The van der Waals surface area contributed by atoms with Crippen LogP contribution in [0.1, 0.15) is 111 Å². The van der Waals surface area contributed by atoms with Crippen LogP contribution < -0.4 is 75.7 Å². The van der Waals surface area contributed by atoms with E-state index in [2.05, 4.69) is 20.7 Å². The Balaban J connectivity index is 0.000000225. The van der Waals surface area contributed by atoms with Crippen molar-refractivity contribution in [2.75, 3.05) is 74.1 Å². The number of hydrogen-bond acceptors (Lipinski definition) is 16. The van der Waals surface area contributed by atoms with Gasteiger partial charge in [0.15, 0.2) is 34.3 Å². The van der Waals surface area contributed by atoms with E-state index in [4.69, 9.17) is 46.9 Å². The molecule has 6 aliphatic heterocycles. The SMILES string of the molecule is COC(=O)c1cn2c(c(OC)c1=O)C(=O)N[C@@H]1COCC[C@@H]12.COc1c2n(cc(C(=O)NCc3ccc(F)c(Cl)c3F)c1=O)[C@H]1CCOC[C@H]1N(CC(F)F)C2=O.O=C(NCc1ccc(F)c(Cl)c1F)c1cn2c(c(O)c1=O)C(=O)N(CC(F)F)[C@@H]1COCC[C@@H]12.[Br-].[Br-].[Mg+2]. The average Bonchev–Trinajstić information content (AvgIpc) is 0.751. The van der Waals surface area contributed by atoms with Crippen molar-refractivity contribution in [2.24, 2.45) is 0 Å². The smallest absolute Gasteiger partial charge is 1.00 e. The van der Waals surface area contributed by atoms with Gasteiger partial charge < -0.3 is 107 Å². The van der Waals surface area contributed by atoms with Crippen molar-refractivity contribution in [3.63, 3.8) is 0 Å². The minimum Gasteiger partial charge on any atom is -1.00 e. The third kappa shape index (κ3) is 15.0. The van der Waals surface area contributed by atoms with Crippen LogP contribution >= 0.6 is 23.2 Å². The van der Waals surface area contributed by atoms with Gasteiger partial charge in [0, 0.05) is 62.6 Å². The largest absolute Gasteiger partial charge is 2.00 e. The molecule has 94 heavy (non-hydrogen) atoms. The number of amides is 5. The minimum atomic E-state index is -2.85. The number of nitrogens with zero attached hydrogens (tertiary/aromatic N) is 5. The molecule has 11 rings (SSSR count). The summed E-state index contributed by atoms with van der Waals surface area (Å²) in [5, 5.41) is 16.5. The predicted molar refractivity (Wildman–Crippen MR) is 305 cm³/mol. The summed E-state index contributed by atoms with van der Waals surface area (Å²) in [6.07, 6.45) is -0.776. The number of benzene rings is 2. The number of rotatable bonds is 13. The first-order valence-electron chi connectivity index (χ1n) is 27.6. The number of aromatic nitrogens is 3. The van der Waals surface area contributed by atoms with Gasteiger partial charge in [-0.3, -0.25) is 38.4 Å². The second kappa shape index (κ2) is 32.3. The van der Waals surface area contributed by atoms with E-state index in [1.165, 1.54) is 35.7 Å². The Labute approximate surface area is 573 Å². The summed E-state index contributed by atoms with van der Waals surface area (Å²) in [7, 11) is 3.61. The number of aromatic hydroxyl groups is 1. The normalized spacial score (nSPS) is 19.8. The Kier molecular flexibility index (Phi) is 26.1. The number of fused-ring (bicyclic) bond motifs is 9. The number of esters is 1. The van der Waals surface area contributed by atoms with Crippen LogP contribution in [-0.4, -0.2) is 192 Å². The van der Waals surface area contributed by atoms with E-state index in [1.54, 1.807) is 4.57 Å². The molecule has 2 aromatic carbocycles. The molecule has 3 aromatic heterocycles. The van der Waals surface area contributed by atoms with Gasteiger partial charge in [0.2, 0.25) is 16.3 Å². The molecule has 0 radical (unpaired) electrons. The van der Waals surface area contributed by atoms with Crippen molar-refractivity contribution >= 4 is 81.8 Å². The molecule has 5 aromatic rings. The predicted octanol–water partition coefficient (Wildman–Crippen LogP) is -1.42. The maximum Gasteiger partial charge on any atom is 2.00 e. The van der Waals surface area contributed by atoms with Crippen LogP contribution in [0.15, 0.2) is 57.2 Å². The van der Waals surface area contributed by atoms with Crippen molar-refractivity contribution in [3.8, 4) is 17.2 Å². The molecule has 504 valence electrons. The number of alkyl halides is 4. The zero-order chi connectivity index (χ0) is 66.0. The summed E-state index contributed by atoms with van der Waals surface area (Å²) >= 11 is 11.1. The number of pyridine rings is 3. The standard InChI is InChI=1S/C22H20ClF4N3O5.C21H18ClF4N3O5.C14H16N2O6.2BrH.Mg/c1-34-20-18-22(33)30(8-15(25)26)14-9-35-5-4-13(14)29(18)7-11(19(20)31)21(32)28-6-10-2-3-12(24)16(23)17(10)27;22-15-11(23)2-1-9(16(15)26)5-27-20(32)10-6-28-12-3-4-34-8-13(12)29(7-14(24)25)21(33)17(28)19(31)18(10)30;1-20-12-10-13(18)15-8-6-22-4-3-9(8)16(10)5-7(11(12)17)14(19)21-2;;;/h2-3,7,13-15H,4-6,8-9H2,1H3,(H,28,32);1-2,6,12-14,31H,3-5,7-8H2,(H,27,32);5,8-9H,3-4,6H2,1-2H3,(H,15,18);2*1H;/q;;;;;+2/p-2/t13-,14+;12-,13+;8-,9+;;;/m001.../s1. The molecule has 9 heterocycles. The molecule has 0 spiro atoms. The van der Waals surface area contributed by atoms with Crippen LogP contribution in [0.2, 0.25) is 10.0 Å². The zero-order valence-corrected chi connectivity index (χ0v) is 55.5. The Hall–Kier alpha value is -6.86. The summed E-state index contributed by atoms with van der Waals surface area (Å²) in [5.74, 6) is -10.7. The first kappa shape index (κ1) is 76.2. The van der Waals surface area contributed by atoms with Gasteiger partial charge in [-0.1, -0.05) is 35.3 Å². The number of nitrogens with one attached hydrogen (secondary N) is 3. The van der Waals surface area contributed by atoms with Crippen LogP contribution in [0.3, 0.4) is 0 Å². The summed E-state index contributed by atoms with van der Waals surface area (Å²) in [6, 6.07) is 0.992. The molecule has 3 saturated heterocycles. The fourth-order valence-electron chi connectivity index (χ4n) is 11.6. The van der Waals surface area contributed by atoms with Gasteiger partial charge in [-0.05, 0) is 31.4 Å². The minimum absolute atomic E-state index is 0. The van der Waals surface area contributed by atoms with E-state index >= 15 is 0 Å². The molecule has 4 N–H and O–H groups in total. The first-order valence-corrected chi connectivity index (χ1v) is 28.4. The van der Waals surface area contributed by atoms with Crippen molar-refractivity contribution in [2.45, 2.75) is 81.5 Å². The first-order chi connectivity index (χ1) is 43.3. The monoisotopic (exact) mass is 1510 g/mol. The molecule has 0 unspecified atom stereocenters. The second-order valence-electron chi connectivity index (χ2n) is 21.0. The van der Waals surface area contributed by atoms with E-state index in [0.29, 0.717) is 26.1 Å². The summed E-state index contributed by atoms with van der Waals surface area (Å²) in [6.45, 7) is -1.22. The molecule has 3 fully saturated rings. The molecule has 5 amide bonds. The number of ether oxygens (including phenoxy) is 6. The van der Waals surface area contributed by atoms with Gasteiger partial charge in [0.25, 0.3) is 42.4 Å². The quantitative estimate of drug-likeness (QED) is 0.0456. The van der Waals surface area contributed by atoms with Crippen LogP contribution in [-0.2, 0) is 32.0 Å². The third-order valence-electron chi connectivity index (χ3n) is 15.9. The fraction of sp³-hybridized carbons (Fsp3) is 0.421. The van der Waals surface area contributed by atoms with Crippen molar-refractivity contribution in [3.05, 3.63) is 152 Å². The maximum atomic E-state index is 14.2. The van der Waals surface area contributed by atoms with Crippen LogP contribution in [0, 0.1) is 23.3 Å². The van der Waals surface area contributed by atoms with Gasteiger partial charge in [-0.2, -0.15) is 0 Å². The molecular formula is C57H54Br2Cl2F8MgN8O16. The van der Waals surface area contributed by atoms with Crippen molar-refractivity contribution < 1.29 is 131 Å². The molecule has 0 saturated carbocycles. The molecular weight excluding hydrogens is 1460 g/mol. The van der Waals surface area contributed by atoms with Crippen molar-refractivity contribution in [1.82, 2.24) is 39.5 Å². The number of carbonyl (C=O) groups excluding carboxylic acids is 6. The topological polar surface area (TPSA) is 287 Å². The summed E-state index contributed by atoms with van der Waals surface area (Å²) in [4.78, 5) is 116. The van der Waals surface area contributed by atoms with Crippen LogP contribution in [0.25, 0.3) is 0 Å². The van der Waals surface area contributed by atoms with E-state index in [9.17, 15) is 83.4 Å². The van der Waals surface area contributed by atoms with Gasteiger partial charge in [-0.15, -0.1) is 0 Å². The number of hydrogen-bond donors (Lipinski definition) is 4. The Morgan fingerprint density at radius 3 is 1.47 bits per heavy atom. The van der Waals surface area contributed by atoms with E-state index in [1.807, 2.05) is 0 Å². The van der Waals surface area contributed by atoms with Crippen LogP contribution in [0.5, 0.6) is 17.2 Å². The maximum absolute atomic E-state index is 14.2. The molecule has 0 aliphatic carbocycles. The number of carbonyl (C=O) groups is 6. The van der Waals surface area contributed by atoms with E-state index in [0.717, 1.165) is 47.4 Å². The second-order valence-corrected chi connectivity index (χ2v) is 21.8. The average molecular weight is 1510 g/mol. The molecule has 37 heteroatoms. The third-order valence-corrected chi connectivity index (χ3v) is 16.6. The number of halogens is 12. The van der Waals surface area contributed by atoms with Gasteiger partial charge in [0.05, 0.1) is 90.5 Å².